The maximum Gasteiger partial charge on any atom is 0.141 e. The molecular weight excluding hydrogens is 245 g/mol. The van der Waals surface area contributed by atoms with E-state index in [2.05, 4.69) is 4.98 Å². The van der Waals surface area contributed by atoms with Gasteiger partial charge in [-0.2, -0.15) is 0 Å². The average molecular weight is 261 g/mol. The van der Waals surface area contributed by atoms with Crippen LogP contribution in [0.15, 0.2) is 36.5 Å². The highest BCUT2D eigenvalue weighted by molar-refractivity contribution is 5.37. The molecule has 0 saturated heterocycles. The lowest BCUT2D eigenvalue weighted by Crippen LogP contribution is -2.05. The van der Waals surface area contributed by atoms with Crippen LogP contribution in [-0.2, 0) is 6.42 Å². The molecule has 1 unspecified atom stereocenters. The van der Waals surface area contributed by atoms with Crippen LogP contribution in [-0.4, -0.2) is 17.2 Å². The molecule has 0 amide bonds. The van der Waals surface area contributed by atoms with Crippen LogP contribution in [0.5, 0.6) is 5.75 Å². The van der Waals surface area contributed by atoms with Crippen LogP contribution in [0.25, 0.3) is 0 Å². The van der Waals surface area contributed by atoms with E-state index in [0.29, 0.717) is 12.1 Å². The number of pyridine rings is 1. The van der Waals surface area contributed by atoms with Gasteiger partial charge in [0.15, 0.2) is 0 Å². The van der Waals surface area contributed by atoms with Gasteiger partial charge in [0, 0.05) is 6.42 Å². The van der Waals surface area contributed by atoms with Crippen molar-refractivity contribution in [2.75, 3.05) is 7.11 Å². The van der Waals surface area contributed by atoms with Gasteiger partial charge in [-0.15, -0.1) is 0 Å². The fraction of sp³-hybridized carbons (Fsp3) is 0.267. The van der Waals surface area contributed by atoms with Crippen molar-refractivity contribution in [2.45, 2.75) is 19.4 Å². The maximum atomic E-state index is 12.8. The first-order valence-electron chi connectivity index (χ1n) is 6.03. The standard InChI is InChI=1S/C15H16FNO2/c1-10-3-6-15(19-2)11(7-10)8-14(18)13-5-4-12(16)9-17-13/h3-7,9,14,18H,8H2,1-2H3. The van der Waals surface area contributed by atoms with E-state index in [4.69, 9.17) is 4.74 Å². The molecule has 1 aromatic heterocycles. The molecule has 0 aliphatic heterocycles. The summed E-state index contributed by atoms with van der Waals surface area (Å²) < 4.78 is 18.0. The molecule has 3 nitrogen and oxygen atoms in total. The minimum Gasteiger partial charge on any atom is -0.496 e. The Morgan fingerprint density at radius 2 is 2.11 bits per heavy atom. The Morgan fingerprint density at radius 3 is 2.74 bits per heavy atom. The number of ether oxygens (including phenoxy) is 1. The summed E-state index contributed by atoms with van der Waals surface area (Å²) >= 11 is 0. The highest BCUT2D eigenvalue weighted by Crippen LogP contribution is 2.25. The van der Waals surface area contributed by atoms with E-state index in [-0.39, 0.29) is 0 Å². The Labute approximate surface area is 111 Å². The summed E-state index contributed by atoms with van der Waals surface area (Å²) in [4.78, 5) is 3.89. The summed E-state index contributed by atoms with van der Waals surface area (Å²) in [6.07, 6.45) is 0.700. The van der Waals surface area contributed by atoms with E-state index in [9.17, 15) is 9.50 Å². The van der Waals surface area contributed by atoms with Crippen LogP contribution in [0.4, 0.5) is 4.39 Å². The van der Waals surface area contributed by atoms with Gasteiger partial charge in [0.1, 0.15) is 17.7 Å². The third-order valence-corrected chi connectivity index (χ3v) is 2.94. The predicted octanol–water partition coefficient (Wildman–Crippen LogP) is 2.81. The van der Waals surface area contributed by atoms with Crippen molar-refractivity contribution in [2.24, 2.45) is 0 Å². The molecule has 4 heteroatoms. The maximum absolute atomic E-state index is 12.8. The Balaban J connectivity index is 2.20. The third-order valence-electron chi connectivity index (χ3n) is 2.94. The lowest BCUT2D eigenvalue weighted by atomic mass is 10.0. The van der Waals surface area contributed by atoms with E-state index >= 15 is 0 Å². The quantitative estimate of drug-likeness (QED) is 0.920. The van der Waals surface area contributed by atoms with E-state index in [1.807, 2.05) is 25.1 Å². The highest BCUT2D eigenvalue weighted by atomic mass is 19.1. The third kappa shape index (κ3) is 3.29. The zero-order chi connectivity index (χ0) is 13.8. The Kier molecular flexibility index (Phi) is 4.12. The number of aliphatic hydroxyl groups excluding tert-OH is 1. The summed E-state index contributed by atoms with van der Waals surface area (Å²) in [5.41, 5.74) is 2.45. The number of aryl methyl sites for hydroxylation is 1. The topological polar surface area (TPSA) is 42.4 Å². The van der Waals surface area contributed by atoms with Crippen molar-refractivity contribution in [1.29, 1.82) is 0 Å². The fourth-order valence-corrected chi connectivity index (χ4v) is 1.96. The zero-order valence-electron chi connectivity index (χ0n) is 10.9. The second kappa shape index (κ2) is 5.80. The van der Waals surface area contributed by atoms with Crippen LogP contribution in [0, 0.1) is 12.7 Å². The summed E-state index contributed by atoms with van der Waals surface area (Å²) in [5.74, 6) is 0.316. The highest BCUT2D eigenvalue weighted by Gasteiger charge is 2.13. The molecule has 1 heterocycles. The molecule has 1 N–H and O–H groups in total. The molecule has 0 aliphatic rings. The van der Waals surface area contributed by atoms with E-state index < -0.39 is 11.9 Å². The van der Waals surface area contributed by atoms with Gasteiger partial charge in [-0.05, 0) is 30.7 Å². The van der Waals surface area contributed by atoms with Gasteiger partial charge in [0.2, 0.25) is 0 Å². The summed E-state index contributed by atoms with van der Waals surface area (Å²) in [7, 11) is 1.59. The van der Waals surface area contributed by atoms with E-state index in [1.54, 1.807) is 7.11 Å². The van der Waals surface area contributed by atoms with Crippen molar-refractivity contribution in [3.63, 3.8) is 0 Å². The van der Waals surface area contributed by atoms with Crippen molar-refractivity contribution >= 4 is 0 Å². The molecular formula is C15H16FNO2. The summed E-state index contributed by atoms with van der Waals surface area (Å²) in [6.45, 7) is 1.98. The predicted molar refractivity (Wildman–Crippen MR) is 70.6 cm³/mol. The number of hydrogen-bond acceptors (Lipinski definition) is 3. The molecule has 0 spiro atoms. The van der Waals surface area contributed by atoms with Crippen molar-refractivity contribution in [3.8, 4) is 5.75 Å². The Morgan fingerprint density at radius 1 is 1.32 bits per heavy atom. The second-order valence-electron chi connectivity index (χ2n) is 4.44. The van der Waals surface area contributed by atoms with Crippen LogP contribution < -0.4 is 4.74 Å². The van der Waals surface area contributed by atoms with Crippen molar-refractivity contribution in [3.05, 3.63) is 59.2 Å². The normalized spacial score (nSPS) is 12.2. The first kappa shape index (κ1) is 13.5. The first-order chi connectivity index (χ1) is 9.10. The lowest BCUT2D eigenvalue weighted by molar-refractivity contribution is 0.172. The molecule has 0 fully saturated rings. The SMILES string of the molecule is COc1ccc(C)cc1CC(O)c1ccc(F)cn1. The van der Waals surface area contributed by atoms with Crippen LogP contribution >= 0.6 is 0 Å². The van der Waals surface area contributed by atoms with Crippen molar-refractivity contribution in [1.82, 2.24) is 4.98 Å². The monoisotopic (exact) mass is 261 g/mol. The van der Waals surface area contributed by atoms with Gasteiger partial charge < -0.3 is 9.84 Å². The molecule has 2 rings (SSSR count). The van der Waals surface area contributed by atoms with Gasteiger partial charge in [-0.1, -0.05) is 17.7 Å². The molecule has 0 saturated carbocycles. The zero-order valence-corrected chi connectivity index (χ0v) is 10.9. The Bertz CT molecular complexity index is 555. The van der Waals surface area contributed by atoms with Crippen LogP contribution in [0.2, 0.25) is 0 Å². The van der Waals surface area contributed by atoms with Gasteiger partial charge in [0.05, 0.1) is 19.0 Å². The number of halogens is 1. The minimum atomic E-state index is -0.781. The number of aromatic nitrogens is 1. The van der Waals surface area contributed by atoms with Gasteiger partial charge in [-0.3, -0.25) is 4.98 Å². The molecule has 2 aromatic rings. The molecule has 0 bridgehead atoms. The van der Waals surface area contributed by atoms with E-state index in [1.165, 1.54) is 12.1 Å². The second-order valence-corrected chi connectivity index (χ2v) is 4.44. The smallest absolute Gasteiger partial charge is 0.141 e. The number of aliphatic hydroxyl groups is 1. The molecule has 19 heavy (non-hydrogen) atoms. The van der Waals surface area contributed by atoms with E-state index in [0.717, 1.165) is 23.1 Å². The van der Waals surface area contributed by atoms with Gasteiger partial charge in [-0.25, -0.2) is 4.39 Å². The first-order valence-corrected chi connectivity index (χ1v) is 6.03. The minimum absolute atomic E-state index is 0.378. The summed E-state index contributed by atoms with van der Waals surface area (Å²) in [6, 6.07) is 8.56. The number of hydrogen-bond donors (Lipinski definition) is 1. The van der Waals surface area contributed by atoms with Gasteiger partial charge >= 0.3 is 0 Å². The summed E-state index contributed by atoms with van der Waals surface area (Å²) in [5, 5.41) is 10.1. The number of rotatable bonds is 4. The van der Waals surface area contributed by atoms with Gasteiger partial charge in [0.25, 0.3) is 0 Å². The largest absolute Gasteiger partial charge is 0.496 e. The number of benzene rings is 1. The fourth-order valence-electron chi connectivity index (χ4n) is 1.96. The number of nitrogens with zero attached hydrogens (tertiary/aromatic N) is 1. The van der Waals surface area contributed by atoms with Crippen LogP contribution in [0.3, 0.4) is 0 Å². The molecule has 0 aliphatic carbocycles. The molecule has 1 atom stereocenters. The average Bonchev–Trinajstić information content (AvgIpc) is 2.39. The molecule has 1 aromatic carbocycles. The molecule has 100 valence electrons. The van der Waals surface area contributed by atoms with Crippen LogP contribution in [0.1, 0.15) is 22.9 Å². The lowest BCUT2D eigenvalue weighted by Gasteiger charge is -2.13. The molecule has 0 radical (unpaired) electrons. The Hall–Kier alpha value is -1.94. The van der Waals surface area contributed by atoms with Crippen molar-refractivity contribution < 1.29 is 14.2 Å². The number of methoxy groups -OCH3 is 1.